The maximum Gasteiger partial charge on any atom is 0.408 e. The van der Waals surface area contributed by atoms with Gasteiger partial charge in [-0.2, -0.15) is 0 Å². The summed E-state index contributed by atoms with van der Waals surface area (Å²) in [6.45, 7) is 8.83. The number of likely N-dealkylation sites (N-methyl/N-ethyl adjacent to an activating group) is 1. The van der Waals surface area contributed by atoms with Crippen molar-refractivity contribution in [3.8, 4) is 0 Å². The van der Waals surface area contributed by atoms with Crippen molar-refractivity contribution in [2.75, 3.05) is 13.1 Å². The summed E-state index contributed by atoms with van der Waals surface area (Å²) < 4.78 is 5.18. The summed E-state index contributed by atoms with van der Waals surface area (Å²) in [6, 6.07) is -0.442. The summed E-state index contributed by atoms with van der Waals surface area (Å²) in [7, 11) is 0. The minimum absolute atomic E-state index is 0.000796. The molecule has 0 aromatic rings. The lowest BCUT2D eigenvalue weighted by atomic mass is 10.1. The number of nitrogens with one attached hydrogen (secondary N) is 1. The van der Waals surface area contributed by atoms with E-state index in [0.29, 0.717) is 13.0 Å². The number of ether oxygens (including phenoxy) is 1. The lowest BCUT2D eigenvalue weighted by molar-refractivity contribution is -0.132. The van der Waals surface area contributed by atoms with Crippen molar-refractivity contribution in [2.24, 2.45) is 0 Å². The Kier molecular flexibility index (Phi) is 4.99. The fourth-order valence-electron chi connectivity index (χ4n) is 2.00. The fourth-order valence-corrected chi connectivity index (χ4v) is 2.00. The highest BCUT2D eigenvalue weighted by molar-refractivity contribution is 5.85. The van der Waals surface area contributed by atoms with Crippen LogP contribution < -0.4 is 5.32 Å². The first-order valence-electron chi connectivity index (χ1n) is 6.62. The minimum atomic E-state index is -0.539. The highest BCUT2D eigenvalue weighted by Gasteiger charge is 2.28. The molecule has 0 saturated carbocycles. The van der Waals surface area contributed by atoms with Gasteiger partial charge in [-0.1, -0.05) is 0 Å². The maximum absolute atomic E-state index is 12.1. The first-order chi connectivity index (χ1) is 8.33. The molecule has 1 heterocycles. The van der Waals surface area contributed by atoms with E-state index in [4.69, 9.17) is 4.74 Å². The first-order valence-corrected chi connectivity index (χ1v) is 6.62. The molecule has 104 valence electrons. The molecule has 0 aromatic heterocycles. The van der Waals surface area contributed by atoms with Crippen LogP contribution in [0.1, 0.15) is 47.0 Å². The van der Waals surface area contributed by atoms with Crippen molar-refractivity contribution in [3.05, 3.63) is 0 Å². The molecule has 5 heteroatoms. The summed E-state index contributed by atoms with van der Waals surface area (Å²) >= 11 is 0. The molecule has 1 unspecified atom stereocenters. The average molecular weight is 256 g/mol. The minimum Gasteiger partial charge on any atom is -0.444 e. The number of likely N-dealkylation sites (tertiary alicyclic amines) is 1. The van der Waals surface area contributed by atoms with Crippen LogP contribution in [0.15, 0.2) is 0 Å². The number of hydrogen-bond donors (Lipinski definition) is 1. The maximum atomic E-state index is 12.1. The summed E-state index contributed by atoms with van der Waals surface area (Å²) in [4.78, 5) is 25.6. The van der Waals surface area contributed by atoms with Gasteiger partial charge in [-0.25, -0.2) is 4.79 Å². The summed E-state index contributed by atoms with van der Waals surface area (Å²) in [5.41, 5.74) is -0.539. The lowest BCUT2D eigenvalue weighted by Gasteiger charge is -2.25. The Labute approximate surface area is 109 Å². The Morgan fingerprint density at radius 3 is 2.67 bits per heavy atom. The van der Waals surface area contributed by atoms with Gasteiger partial charge in [0.2, 0.25) is 5.91 Å². The second kappa shape index (κ2) is 6.07. The van der Waals surface area contributed by atoms with Gasteiger partial charge in [0.25, 0.3) is 0 Å². The zero-order chi connectivity index (χ0) is 13.8. The van der Waals surface area contributed by atoms with Crippen LogP contribution in [0.5, 0.6) is 0 Å². The van der Waals surface area contributed by atoms with Crippen LogP contribution in [0, 0.1) is 0 Å². The third-order valence-electron chi connectivity index (χ3n) is 2.85. The molecule has 2 amide bonds. The highest BCUT2D eigenvalue weighted by Crippen LogP contribution is 2.13. The van der Waals surface area contributed by atoms with E-state index in [1.54, 1.807) is 25.7 Å². The van der Waals surface area contributed by atoms with Crippen molar-refractivity contribution in [1.82, 2.24) is 10.2 Å². The molecule has 1 N–H and O–H groups in total. The molecule has 1 saturated heterocycles. The molecule has 0 spiro atoms. The van der Waals surface area contributed by atoms with Gasteiger partial charge in [0.15, 0.2) is 0 Å². The predicted molar refractivity (Wildman–Crippen MR) is 69.3 cm³/mol. The molecular formula is C13H24N2O3. The van der Waals surface area contributed by atoms with Gasteiger partial charge in [-0.3, -0.25) is 4.79 Å². The van der Waals surface area contributed by atoms with Crippen LogP contribution in [0.2, 0.25) is 0 Å². The van der Waals surface area contributed by atoms with Crippen molar-refractivity contribution in [1.29, 1.82) is 0 Å². The van der Waals surface area contributed by atoms with Crippen molar-refractivity contribution in [3.63, 3.8) is 0 Å². The fraction of sp³-hybridized carbons (Fsp3) is 0.846. The third-order valence-corrected chi connectivity index (χ3v) is 2.85. The quantitative estimate of drug-likeness (QED) is 0.821. The zero-order valence-electron chi connectivity index (χ0n) is 11.8. The number of carbonyl (C=O) groups is 2. The average Bonchev–Trinajstić information content (AvgIpc) is 2.39. The Morgan fingerprint density at radius 1 is 1.44 bits per heavy atom. The van der Waals surface area contributed by atoms with Gasteiger partial charge in [0.05, 0.1) is 0 Å². The smallest absolute Gasteiger partial charge is 0.408 e. The van der Waals surface area contributed by atoms with Gasteiger partial charge in [-0.15, -0.1) is 0 Å². The number of carbonyl (C=O) groups excluding carboxylic acids is 2. The first kappa shape index (κ1) is 14.8. The van der Waals surface area contributed by atoms with Crippen LogP contribution in [0.25, 0.3) is 0 Å². The highest BCUT2D eigenvalue weighted by atomic mass is 16.6. The van der Waals surface area contributed by atoms with Gasteiger partial charge in [-0.05, 0) is 47.0 Å². The van der Waals surface area contributed by atoms with E-state index in [9.17, 15) is 9.59 Å². The van der Waals surface area contributed by atoms with Crippen LogP contribution in [-0.2, 0) is 9.53 Å². The van der Waals surface area contributed by atoms with Crippen LogP contribution in [0.3, 0.4) is 0 Å². The standard InChI is InChI=1S/C13H24N2O3/c1-5-15-9-7-6-8-10(11(15)16)14-12(17)18-13(2,3)4/h10H,5-9H2,1-4H3,(H,14,17). The van der Waals surface area contributed by atoms with E-state index in [2.05, 4.69) is 5.32 Å². The van der Waals surface area contributed by atoms with Gasteiger partial charge in [0.1, 0.15) is 11.6 Å². The molecule has 0 radical (unpaired) electrons. The van der Waals surface area contributed by atoms with Crippen molar-refractivity contribution < 1.29 is 14.3 Å². The van der Waals surface area contributed by atoms with Gasteiger partial charge in [0, 0.05) is 13.1 Å². The van der Waals surface area contributed by atoms with E-state index in [1.165, 1.54) is 0 Å². The number of rotatable bonds is 2. The topological polar surface area (TPSA) is 58.6 Å². The van der Waals surface area contributed by atoms with Crippen LogP contribution in [-0.4, -0.2) is 41.6 Å². The molecule has 1 aliphatic heterocycles. The third kappa shape index (κ3) is 4.55. The molecule has 0 bridgehead atoms. The Hall–Kier alpha value is -1.26. The van der Waals surface area contributed by atoms with E-state index in [1.807, 2.05) is 6.92 Å². The predicted octanol–water partition coefficient (Wildman–Crippen LogP) is 1.91. The van der Waals surface area contributed by atoms with Crippen molar-refractivity contribution >= 4 is 12.0 Å². The molecule has 1 atom stereocenters. The summed E-state index contributed by atoms with van der Waals surface area (Å²) in [5.74, 6) is 0.000796. The Morgan fingerprint density at radius 2 is 2.11 bits per heavy atom. The normalized spacial score (nSPS) is 21.4. The van der Waals surface area contributed by atoms with E-state index < -0.39 is 17.7 Å². The van der Waals surface area contributed by atoms with E-state index in [0.717, 1.165) is 19.4 Å². The largest absolute Gasteiger partial charge is 0.444 e. The van der Waals surface area contributed by atoms with E-state index in [-0.39, 0.29) is 5.91 Å². The van der Waals surface area contributed by atoms with Crippen LogP contribution in [0.4, 0.5) is 4.79 Å². The van der Waals surface area contributed by atoms with Crippen LogP contribution >= 0.6 is 0 Å². The molecule has 1 fully saturated rings. The molecule has 5 nitrogen and oxygen atoms in total. The summed E-state index contributed by atoms with van der Waals surface area (Å²) in [6.07, 6.45) is 2.11. The SMILES string of the molecule is CCN1CCCCC(NC(=O)OC(C)(C)C)C1=O. The Bertz CT molecular complexity index is 310. The Balaban J connectivity index is 2.58. The number of amides is 2. The monoisotopic (exact) mass is 256 g/mol. The van der Waals surface area contributed by atoms with Gasteiger partial charge < -0.3 is 15.0 Å². The second-order valence-corrected chi connectivity index (χ2v) is 5.61. The van der Waals surface area contributed by atoms with E-state index >= 15 is 0 Å². The second-order valence-electron chi connectivity index (χ2n) is 5.61. The molecule has 0 aromatic carbocycles. The van der Waals surface area contributed by atoms with Gasteiger partial charge >= 0.3 is 6.09 Å². The molecule has 18 heavy (non-hydrogen) atoms. The lowest BCUT2D eigenvalue weighted by Crippen LogP contribution is -2.48. The zero-order valence-corrected chi connectivity index (χ0v) is 11.8. The number of alkyl carbamates (subject to hydrolysis) is 1. The number of nitrogens with zero attached hydrogens (tertiary/aromatic N) is 1. The molecule has 1 rings (SSSR count). The molecule has 1 aliphatic rings. The summed E-state index contributed by atoms with van der Waals surface area (Å²) in [5, 5.41) is 2.68. The van der Waals surface area contributed by atoms with Crippen molar-refractivity contribution in [2.45, 2.75) is 58.6 Å². The molecule has 0 aliphatic carbocycles. The molecular weight excluding hydrogens is 232 g/mol. The number of hydrogen-bond acceptors (Lipinski definition) is 3.